The predicted molar refractivity (Wildman–Crippen MR) is 67.4 cm³/mol. The van der Waals surface area contributed by atoms with Gasteiger partial charge in [0.2, 0.25) is 0 Å². The van der Waals surface area contributed by atoms with Crippen LogP contribution in [0, 0.1) is 11.8 Å². The van der Waals surface area contributed by atoms with Crippen molar-refractivity contribution in [3.63, 3.8) is 0 Å². The third-order valence-electron chi connectivity index (χ3n) is 3.42. The van der Waals surface area contributed by atoms with E-state index < -0.39 is 0 Å². The van der Waals surface area contributed by atoms with Crippen LogP contribution in [-0.2, 0) is 6.42 Å². The van der Waals surface area contributed by atoms with Crippen LogP contribution >= 0.6 is 11.3 Å². The van der Waals surface area contributed by atoms with Crippen molar-refractivity contribution in [2.75, 3.05) is 6.54 Å². The Bertz CT molecular complexity index is 277. The lowest BCUT2D eigenvalue weighted by atomic mass is 9.90. The van der Waals surface area contributed by atoms with Crippen molar-refractivity contribution in [1.82, 2.24) is 5.32 Å². The van der Waals surface area contributed by atoms with Gasteiger partial charge in [-0.1, -0.05) is 13.8 Å². The average Bonchev–Trinajstić information content (AvgIpc) is 2.92. The highest BCUT2D eigenvalue weighted by Gasteiger charge is 2.22. The van der Waals surface area contributed by atoms with E-state index in [9.17, 15) is 0 Å². The Kier molecular flexibility index (Phi) is 3.81. The molecule has 0 aromatic carbocycles. The van der Waals surface area contributed by atoms with Gasteiger partial charge < -0.3 is 5.32 Å². The molecule has 2 rings (SSSR count). The molecule has 2 atom stereocenters. The fourth-order valence-corrected chi connectivity index (χ4v) is 2.50. The Morgan fingerprint density at radius 2 is 2.20 bits per heavy atom. The second-order valence-electron chi connectivity index (χ2n) is 4.97. The summed E-state index contributed by atoms with van der Waals surface area (Å²) < 4.78 is 0. The van der Waals surface area contributed by atoms with Crippen molar-refractivity contribution in [3.05, 3.63) is 22.4 Å². The summed E-state index contributed by atoms with van der Waals surface area (Å²) in [7, 11) is 0. The molecule has 1 aromatic rings. The van der Waals surface area contributed by atoms with E-state index in [1.54, 1.807) is 11.3 Å². The van der Waals surface area contributed by atoms with Crippen LogP contribution in [0.25, 0.3) is 0 Å². The third kappa shape index (κ3) is 3.62. The summed E-state index contributed by atoms with van der Waals surface area (Å²) >= 11 is 1.81. The van der Waals surface area contributed by atoms with E-state index in [2.05, 4.69) is 36.0 Å². The Balaban J connectivity index is 1.71. The molecule has 0 saturated heterocycles. The normalized spacial score (nSPS) is 20.1. The van der Waals surface area contributed by atoms with E-state index in [0.717, 1.165) is 17.9 Å². The lowest BCUT2D eigenvalue weighted by Gasteiger charge is -2.19. The van der Waals surface area contributed by atoms with Crippen LogP contribution in [-0.4, -0.2) is 12.6 Å². The molecule has 0 amide bonds. The first-order valence-corrected chi connectivity index (χ1v) is 6.94. The van der Waals surface area contributed by atoms with Crippen molar-refractivity contribution in [1.29, 1.82) is 0 Å². The molecule has 0 bridgehead atoms. The van der Waals surface area contributed by atoms with Gasteiger partial charge in [-0.05, 0) is 60.0 Å². The molecule has 1 aromatic heterocycles. The smallest absolute Gasteiger partial charge is 0.00683 e. The fraction of sp³-hybridized carbons (Fsp3) is 0.692. The molecular weight excluding hydrogens is 202 g/mol. The van der Waals surface area contributed by atoms with Gasteiger partial charge in [-0.15, -0.1) is 0 Å². The molecule has 1 aliphatic rings. The van der Waals surface area contributed by atoms with Crippen molar-refractivity contribution in [2.24, 2.45) is 11.8 Å². The molecule has 0 spiro atoms. The second-order valence-corrected chi connectivity index (χ2v) is 5.75. The summed E-state index contributed by atoms with van der Waals surface area (Å²) in [5.74, 6) is 1.57. The van der Waals surface area contributed by atoms with E-state index in [-0.39, 0.29) is 0 Å². The van der Waals surface area contributed by atoms with Gasteiger partial charge >= 0.3 is 0 Å². The molecule has 0 aliphatic heterocycles. The van der Waals surface area contributed by atoms with Crippen molar-refractivity contribution in [2.45, 2.75) is 39.2 Å². The van der Waals surface area contributed by atoms with Gasteiger partial charge in [0, 0.05) is 6.04 Å². The molecule has 1 heterocycles. The Morgan fingerprint density at radius 1 is 1.40 bits per heavy atom. The van der Waals surface area contributed by atoms with E-state index >= 15 is 0 Å². The monoisotopic (exact) mass is 223 g/mol. The standard InChI is InChI=1S/C13H21NS/c1-10(7-12-5-6-15-9-12)11(2)8-14-13-3-4-13/h5-6,9-11,13-14H,3-4,7-8H2,1-2H3. The number of thiophene rings is 1. The highest BCUT2D eigenvalue weighted by Crippen LogP contribution is 2.22. The summed E-state index contributed by atoms with van der Waals surface area (Å²) in [6.07, 6.45) is 4.02. The van der Waals surface area contributed by atoms with E-state index in [0.29, 0.717) is 0 Å². The first-order valence-electron chi connectivity index (χ1n) is 6.00. The minimum atomic E-state index is 0.783. The molecule has 1 nitrogen and oxygen atoms in total. The molecule has 1 fully saturated rings. The minimum absolute atomic E-state index is 0.783. The van der Waals surface area contributed by atoms with Crippen LogP contribution in [0.3, 0.4) is 0 Å². The summed E-state index contributed by atoms with van der Waals surface area (Å²) in [4.78, 5) is 0. The zero-order valence-electron chi connectivity index (χ0n) is 9.70. The molecule has 84 valence electrons. The van der Waals surface area contributed by atoms with Crippen molar-refractivity contribution < 1.29 is 0 Å². The molecule has 1 saturated carbocycles. The van der Waals surface area contributed by atoms with Crippen LogP contribution in [0.2, 0.25) is 0 Å². The van der Waals surface area contributed by atoms with Gasteiger partial charge in [0.25, 0.3) is 0 Å². The third-order valence-corrected chi connectivity index (χ3v) is 4.15. The van der Waals surface area contributed by atoms with Gasteiger partial charge in [0.1, 0.15) is 0 Å². The molecule has 0 radical (unpaired) electrons. The zero-order chi connectivity index (χ0) is 10.7. The van der Waals surface area contributed by atoms with Crippen LogP contribution in [0.1, 0.15) is 32.3 Å². The van der Waals surface area contributed by atoms with E-state index in [4.69, 9.17) is 0 Å². The quantitative estimate of drug-likeness (QED) is 0.780. The lowest BCUT2D eigenvalue weighted by Crippen LogP contribution is -2.27. The predicted octanol–water partition coefficient (Wildman–Crippen LogP) is 3.31. The lowest BCUT2D eigenvalue weighted by molar-refractivity contribution is 0.364. The largest absolute Gasteiger partial charge is 0.314 e. The SMILES string of the molecule is CC(CNC1CC1)C(C)Cc1ccsc1. The van der Waals surface area contributed by atoms with Gasteiger partial charge in [0.05, 0.1) is 0 Å². The Morgan fingerprint density at radius 3 is 2.80 bits per heavy atom. The van der Waals surface area contributed by atoms with Crippen LogP contribution in [0.5, 0.6) is 0 Å². The fourth-order valence-electron chi connectivity index (χ4n) is 1.82. The average molecular weight is 223 g/mol. The zero-order valence-corrected chi connectivity index (χ0v) is 10.5. The molecule has 1 N–H and O–H groups in total. The van der Waals surface area contributed by atoms with Crippen LogP contribution in [0.4, 0.5) is 0 Å². The highest BCUT2D eigenvalue weighted by atomic mass is 32.1. The van der Waals surface area contributed by atoms with E-state index in [1.807, 2.05) is 0 Å². The van der Waals surface area contributed by atoms with Crippen LogP contribution in [0.15, 0.2) is 16.8 Å². The van der Waals surface area contributed by atoms with Gasteiger partial charge in [-0.25, -0.2) is 0 Å². The molecular formula is C13H21NS. The Hall–Kier alpha value is -0.340. The summed E-state index contributed by atoms with van der Waals surface area (Å²) in [6.45, 7) is 5.93. The number of rotatable bonds is 6. The van der Waals surface area contributed by atoms with Crippen molar-refractivity contribution in [3.8, 4) is 0 Å². The maximum absolute atomic E-state index is 3.62. The summed E-state index contributed by atoms with van der Waals surface area (Å²) in [5.41, 5.74) is 1.51. The first-order chi connectivity index (χ1) is 7.25. The maximum Gasteiger partial charge on any atom is 0.00683 e. The molecule has 2 unspecified atom stereocenters. The number of hydrogen-bond acceptors (Lipinski definition) is 2. The maximum atomic E-state index is 3.62. The van der Waals surface area contributed by atoms with Crippen molar-refractivity contribution >= 4 is 11.3 Å². The number of hydrogen-bond donors (Lipinski definition) is 1. The molecule has 2 heteroatoms. The first kappa shape index (κ1) is 11.2. The van der Waals surface area contributed by atoms with Crippen LogP contribution < -0.4 is 5.32 Å². The highest BCUT2D eigenvalue weighted by molar-refractivity contribution is 7.07. The van der Waals surface area contributed by atoms with Gasteiger partial charge in [0.15, 0.2) is 0 Å². The van der Waals surface area contributed by atoms with E-state index in [1.165, 1.54) is 31.4 Å². The molecule has 15 heavy (non-hydrogen) atoms. The topological polar surface area (TPSA) is 12.0 Å². The van der Waals surface area contributed by atoms with Gasteiger partial charge in [-0.3, -0.25) is 0 Å². The van der Waals surface area contributed by atoms with Gasteiger partial charge in [-0.2, -0.15) is 11.3 Å². The number of nitrogens with one attached hydrogen (secondary N) is 1. The second kappa shape index (κ2) is 5.13. The Labute approximate surface area is 96.9 Å². The summed E-state index contributed by atoms with van der Waals surface area (Å²) in [6, 6.07) is 3.10. The summed E-state index contributed by atoms with van der Waals surface area (Å²) in [5, 5.41) is 8.07. The minimum Gasteiger partial charge on any atom is -0.314 e. The molecule has 1 aliphatic carbocycles.